The molecule has 0 atom stereocenters. The number of rotatable bonds is 6. The van der Waals surface area contributed by atoms with Crippen LogP contribution in [0.5, 0.6) is 5.75 Å². The first kappa shape index (κ1) is 14.9. The predicted molar refractivity (Wildman–Crippen MR) is 79.8 cm³/mol. The van der Waals surface area contributed by atoms with Crippen LogP contribution in [0.25, 0.3) is 0 Å². The van der Waals surface area contributed by atoms with Gasteiger partial charge in [0.2, 0.25) is 5.91 Å². The Morgan fingerprint density at radius 1 is 1.15 bits per heavy atom. The number of para-hydroxylation sites is 1. The summed E-state index contributed by atoms with van der Waals surface area (Å²) in [5.74, 6) is 1.00. The Labute approximate surface area is 120 Å². The van der Waals surface area contributed by atoms with Crippen molar-refractivity contribution in [2.75, 3.05) is 13.2 Å². The second-order valence-electron chi connectivity index (χ2n) is 5.36. The largest absolute Gasteiger partial charge is 0.492 e. The maximum absolute atomic E-state index is 11.0. The van der Waals surface area contributed by atoms with Crippen LogP contribution in [-0.2, 0) is 4.79 Å². The molecule has 0 unspecified atom stereocenters. The minimum absolute atomic E-state index is 0.0812. The van der Waals surface area contributed by atoms with Crippen LogP contribution in [0, 0.1) is 0 Å². The topological polar surface area (TPSA) is 50.4 Å². The molecule has 0 bridgehead atoms. The monoisotopic (exact) mass is 276 g/mol. The molecule has 1 aliphatic carbocycles. The molecule has 4 heteroatoms. The van der Waals surface area contributed by atoms with Crippen LogP contribution in [-0.4, -0.2) is 31.1 Å². The van der Waals surface area contributed by atoms with E-state index in [-0.39, 0.29) is 5.91 Å². The molecule has 0 saturated heterocycles. The zero-order valence-corrected chi connectivity index (χ0v) is 12.1. The van der Waals surface area contributed by atoms with Gasteiger partial charge in [-0.25, -0.2) is 0 Å². The molecule has 0 radical (unpaired) electrons. The van der Waals surface area contributed by atoms with Gasteiger partial charge in [-0.2, -0.15) is 0 Å². The van der Waals surface area contributed by atoms with Gasteiger partial charge in [-0.3, -0.25) is 4.79 Å². The highest BCUT2D eigenvalue weighted by Crippen LogP contribution is 2.18. The SMILES string of the molecule is CC(=O)NC1CCC(NCCOc2ccccc2)CC1. The highest BCUT2D eigenvalue weighted by atomic mass is 16.5. The number of nitrogens with one attached hydrogen (secondary N) is 2. The Bertz CT molecular complexity index is 400. The lowest BCUT2D eigenvalue weighted by molar-refractivity contribution is -0.119. The number of hydrogen-bond donors (Lipinski definition) is 2. The molecule has 1 aromatic carbocycles. The third-order valence-corrected chi connectivity index (χ3v) is 3.68. The minimum Gasteiger partial charge on any atom is -0.492 e. The Balaban J connectivity index is 1.56. The van der Waals surface area contributed by atoms with Crippen molar-refractivity contribution in [2.24, 2.45) is 0 Å². The highest BCUT2D eigenvalue weighted by molar-refractivity contribution is 5.73. The standard InChI is InChI=1S/C16H24N2O2/c1-13(19)18-15-9-7-14(8-10-15)17-11-12-20-16-5-3-2-4-6-16/h2-6,14-15,17H,7-12H2,1H3,(H,18,19). The van der Waals surface area contributed by atoms with Gasteiger partial charge in [-0.05, 0) is 37.8 Å². The zero-order valence-electron chi connectivity index (χ0n) is 12.1. The summed E-state index contributed by atoms with van der Waals surface area (Å²) in [7, 11) is 0. The number of benzene rings is 1. The van der Waals surface area contributed by atoms with Gasteiger partial charge in [0, 0.05) is 25.6 Å². The molecule has 0 heterocycles. The fourth-order valence-electron chi connectivity index (χ4n) is 2.68. The molecule has 4 nitrogen and oxygen atoms in total. The third-order valence-electron chi connectivity index (χ3n) is 3.68. The summed E-state index contributed by atoms with van der Waals surface area (Å²) in [6.07, 6.45) is 4.38. The predicted octanol–water partition coefficient (Wildman–Crippen LogP) is 2.10. The Kier molecular flexibility index (Phi) is 5.87. The van der Waals surface area contributed by atoms with E-state index in [0.29, 0.717) is 18.7 Å². The Hall–Kier alpha value is -1.55. The van der Waals surface area contributed by atoms with Crippen LogP contribution >= 0.6 is 0 Å². The lowest BCUT2D eigenvalue weighted by Crippen LogP contribution is -2.42. The summed E-state index contributed by atoms with van der Waals surface area (Å²) in [5, 5.41) is 6.53. The van der Waals surface area contributed by atoms with E-state index >= 15 is 0 Å². The molecule has 20 heavy (non-hydrogen) atoms. The smallest absolute Gasteiger partial charge is 0.217 e. The van der Waals surface area contributed by atoms with E-state index in [1.807, 2.05) is 30.3 Å². The highest BCUT2D eigenvalue weighted by Gasteiger charge is 2.20. The quantitative estimate of drug-likeness (QED) is 0.782. The molecule has 0 aromatic heterocycles. The van der Waals surface area contributed by atoms with Crippen molar-refractivity contribution in [1.82, 2.24) is 10.6 Å². The summed E-state index contributed by atoms with van der Waals surface area (Å²) >= 11 is 0. The van der Waals surface area contributed by atoms with Gasteiger partial charge in [0.05, 0.1) is 0 Å². The van der Waals surface area contributed by atoms with E-state index in [4.69, 9.17) is 4.74 Å². The van der Waals surface area contributed by atoms with Crippen molar-refractivity contribution in [2.45, 2.75) is 44.7 Å². The average Bonchev–Trinajstić information content (AvgIpc) is 2.46. The Morgan fingerprint density at radius 2 is 1.80 bits per heavy atom. The number of amides is 1. The summed E-state index contributed by atoms with van der Waals surface area (Å²) in [6, 6.07) is 10.8. The van der Waals surface area contributed by atoms with Gasteiger partial charge >= 0.3 is 0 Å². The van der Waals surface area contributed by atoms with Crippen LogP contribution in [0.1, 0.15) is 32.6 Å². The molecular formula is C16H24N2O2. The fourth-order valence-corrected chi connectivity index (χ4v) is 2.68. The van der Waals surface area contributed by atoms with Crippen molar-refractivity contribution in [3.8, 4) is 5.75 Å². The Morgan fingerprint density at radius 3 is 2.45 bits per heavy atom. The van der Waals surface area contributed by atoms with Gasteiger partial charge in [0.1, 0.15) is 12.4 Å². The number of hydrogen-bond acceptors (Lipinski definition) is 3. The lowest BCUT2D eigenvalue weighted by Gasteiger charge is -2.29. The first-order valence-corrected chi connectivity index (χ1v) is 7.42. The third kappa shape index (κ3) is 5.21. The molecule has 2 N–H and O–H groups in total. The number of carbonyl (C=O) groups is 1. The lowest BCUT2D eigenvalue weighted by atomic mass is 9.91. The van der Waals surface area contributed by atoms with E-state index in [1.54, 1.807) is 6.92 Å². The van der Waals surface area contributed by atoms with Crippen molar-refractivity contribution < 1.29 is 9.53 Å². The van der Waals surface area contributed by atoms with Gasteiger partial charge in [0.15, 0.2) is 0 Å². The van der Waals surface area contributed by atoms with E-state index in [9.17, 15) is 4.79 Å². The summed E-state index contributed by atoms with van der Waals surface area (Å²) in [4.78, 5) is 11.0. The maximum Gasteiger partial charge on any atom is 0.217 e. The normalized spacial score (nSPS) is 22.2. The molecule has 1 saturated carbocycles. The van der Waals surface area contributed by atoms with Crippen LogP contribution in [0.2, 0.25) is 0 Å². The average molecular weight is 276 g/mol. The first-order valence-electron chi connectivity index (χ1n) is 7.42. The van der Waals surface area contributed by atoms with Gasteiger partial charge < -0.3 is 15.4 Å². The molecular weight excluding hydrogens is 252 g/mol. The maximum atomic E-state index is 11.0. The van der Waals surface area contributed by atoms with Crippen LogP contribution < -0.4 is 15.4 Å². The van der Waals surface area contributed by atoms with Crippen molar-refractivity contribution in [3.05, 3.63) is 30.3 Å². The summed E-state index contributed by atoms with van der Waals surface area (Å²) in [5.41, 5.74) is 0. The molecule has 0 aliphatic heterocycles. The molecule has 1 aliphatic rings. The van der Waals surface area contributed by atoms with Gasteiger partial charge in [0.25, 0.3) is 0 Å². The summed E-state index contributed by atoms with van der Waals surface area (Å²) < 4.78 is 5.65. The minimum atomic E-state index is 0.0812. The van der Waals surface area contributed by atoms with E-state index in [1.165, 1.54) is 0 Å². The van der Waals surface area contributed by atoms with Crippen molar-refractivity contribution in [1.29, 1.82) is 0 Å². The molecule has 0 spiro atoms. The second-order valence-corrected chi connectivity index (χ2v) is 5.36. The zero-order chi connectivity index (χ0) is 14.2. The first-order chi connectivity index (χ1) is 9.74. The molecule has 2 rings (SSSR count). The van der Waals surface area contributed by atoms with Gasteiger partial charge in [-0.1, -0.05) is 18.2 Å². The molecule has 110 valence electrons. The van der Waals surface area contributed by atoms with E-state index in [2.05, 4.69) is 10.6 Å². The number of ether oxygens (including phenoxy) is 1. The van der Waals surface area contributed by atoms with E-state index in [0.717, 1.165) is 38.0 Å². The van der Waals surface area contributed by atoms with Crippen LogP contribution in [0.4, 0.5) is 0 Å². The fraction of sp³-hybridized carbons (Fsp3) is 0.562. The summed E-state index contributed by atoms with van der Waals surface area (Å²) in [6.45, 7) is 3.14. The van der Waals surface area contributed by atoms with E-state index < -0.39 is 0 Å². The van der Waals surface area contributed by atoms with Crippen molar-refractivity contribution in [3.63, 3.8) is 0 Å². The molecule has 1 fully saturated rings. The van der Waals surface area contributed by atoms with Crippen LogP contribution in [0.3, 0.4) is 0 Å². The van der Waals surface area contributed by atoms with Gasteiger partial charge in [-0.15, -0.1) is 0 Å². The van der Waals surface area contributed by atoms with Crippen LogP contribution in [0.15, 0.2) is 30.3 Å². The second kappa shape index (κ2) is 7.90. The molecule has 1 amide bonds. The van der Waals surface area contributed by atoms with Crippen molar-refractivity contribution >= 4 is 5.91 Å². The molecule has 1 aromatic rings. The number of carbonyl (C=O) groups excluding carboxylic acids is 1.